The van der Waals surface area contributed by atoms with E-state index in [0.29, 0.717) is 17.8 Å². The molecule has 0 aliphatic carbocycles. The molecule has 1 heterocycles. The lowest BCUT2D eigenvalue weighted by molar-refractivity contribution is 0.0939. The molecule has 1 unspecified atom stereocenters. The standard InChI is InChI=1S/C16H19N3O2/c1-11(12-4-3-5-15(9-12)21-2)19-16(20)13-6-7-18-14(8-13)10-17/h3-9,11H,10,17H2,1-2H3,(H,19,20). The van der Waals surface area contributed by atoms with Gasteiger partial charge in [-0.3, -0.25) is 9.78 Å². The molecule has 0 fully saturated rings. The molecule has 2 aromatic rings. The Kier molecular flexibility index (Phi) is 4.90. The zero-order valence-corrected chi connectivity index (χ0v) is 12.2. The minimum atomic E-state index is -0.151. The number of rotatable bonds is 5. The minimum absolute atomic E-state index is 0.123. The van der Waals surface area contributed by atoms with E-state index in [4.69, 9.17) is 10.5 Å². The predicted molar refractivity (Wildman–Crippen MR) is 81.0 cm³/mol. The summed E-state index contributed by atoms with van der Waals surface area (Å²) in [7, 11) is 1.62. The van der Waals surface area contributed by atoms with Crippen molar-refractivity contribution in [3.8, 4) is 5.75 Å². The molecule has 2 rings (SSSR count). The van der Waals surface area contributed by atoms with Crippen molar-refractivity contribution in [2.24, 2.45) is 5.73 Å². The van der Waals surface area contributed by atoms with E-state index in [2.05, 4.69) is 10.3 Å². The maximum absolute atomic E-state index is 12.2. The Bertz CT molecular complexity index is 628. The first-order valence-electron chi connectivity index (χ1n) is 6.74. The number of aromatic nitrogens is 1. The van der Waals surface area contributed by atoms with Crippen molar-refractivity contribution in [2.45, 2.75) is 19.5 Å². The van der Waals surface area contributed by atoms with Crippen LogP contribution < -0.4 is 15.8 Å². The van der Waals surface area contributed by atoms with Crippen molar-refractivity contribution >= 4 is 5.91 Å². The minimum Gasteiger partial charge on any atom is -0.497 e. The summed E-state index contributed by atoms with van der Waals surface area (Å²) in [5.41, 5.74) is 7.76. The number of methoxy groups -OCH3 is 1. The Morgan fingerprint density at radius 3 is 2.90 bits per heavy atom. The summed E-state index contributed by atoms with van der Waals surface area (Å²) in [5, 5.41) is 2.95. The molecule has 1 atom stereocenters. The number of carbonyl (C=O) groups is 1. The molecule has 1 amide bonds. The van der Waals surface area contributed by atoms with E-state index >= 15 is 0 Å². The van der Waals surface area contributed by atoms with Crippen LogP contribution in [-0.2, 0) is 6.54 Å². The first kappa shape index (κ1) is 15.0. The van der Waals surface area contributed by atoms with Gasteiger partial charge in [-0.05, 0) is 36.8 Å². The van der Waals surface area contributed by atoms with Gasteiger partial charge in [-0.2, -0.15) is 0 Å². The second-order valence-corrected chi connectivity index (χ2v) is 4.71. The molecule has 5 nitrogen and oxygen atoms in total. The van der Waals surface area contributed by atoms with E-state index in [1.54, 1.807) is 25.4 Å². The van der Waals surface area contributed by atoms with Gasteiger partial charge in [0, 0.05) is 18.3 Å². The lowest BCUT2D eigenvalue weighted by Gasteiger charge is -2.15. The highest BCUT2D eigenvalue weighted by atomic mass is 16.5. The van der Waals surface area contributed by atoms with Gasteiger partial charge in [0.05, 0.1) is 18.8 Å². The molecular formula is C16H19N3O2. The molecule has 0 aliphatic rings. The van der Waals surface area contributed by atoms with Gasteiger partial charge >= 0.3 is 0 Å². The largest absolute Gasteiger partial charge is 0.497 e. The lowest BCUT2D eigenvalue weighted by Crippen LogP contribution is -2.26. The van der Waals surface area contributed by atoms with Crippen LogP contribution in [0.2, 0.25) is 0 Å². The SMILES string of the molecule is COc1cccc(C(C)NC(=O)c2ccnc(CN)c2)c1. The Balaban J connectivity index is 2.10. The molecule has 1 aromatic heterocycles. The highest BCUT2D eigenvalue weighted by Gasteiger charge is 2.12. The Labute approximate surface area is 124 Å². The van der Waals surface area contributed by atoms with Crippen LogP contribution >= 0.6 is 0 Å². The van der Waals surface area contributed by atoms with E-state index in [9.17, 15) is 4.79 Å². The fourth-order valence-electron chi connectivity index (χ4n) is 2.01. The number of amides is 1. The number of benzene rings is 1. The van der Waals surface area contributed by atoms with Crippen molar-refractivity contribution in [2.75, 3.05) is 7.11 Å². The van der Waals surface area contributed by atoms with Crippen molar-refractivity contribution < 1.29 is 9.53 Å². The van der Waals surface area contributed by atoms with Gasteiger partial charge in [0.15, 0.2) is 0 Å². The highest BCUT2D eigenvalue weighted by Crippen LogP contribution is 2.19. The Morgan fingerprint density at radius 2 is 2.19 bits per heavy atom. The van der Waals surface area contributed by atoms with Crippen LogP contribution in [0, 0.1) is 0 Å². The molecule has 1 aromatic carbocycles. The fourth-order valence-corrected chi connectivity index (χ4v) is 2.01. The molecule has 0 aliphatic heterocycles. The summed E-state index contributed by atoms with van der Waals surface area (Å²) in [5.74, 6) is 0.616. The molecule has 0 saturated heterocycles. The van der Waals surface area contributed by atoms with E-state index in [0.717, 1.165) is 11.3 Å². The molecule has 3 N–H and O–H groups in total. The third-order valence-electron chi connectivity index (χ3n) is 3.23. The third kappa shape index (κ3) is 3.79. The van der Waals surface area contributed by atoms with E-state index in [1.165, 1.54) is 0 Å². The number of nitrogens with two attached hydrogens (primary N) is 1. The molecule has 21 heavy (non-hydrogen) atoms. The summed E-state index contributed by atoms with van der Waals surface area (Å²) in [6.07, 6.45) is 1.59. The molecule has 110 valence electrons. The van der Waals surface area contributed by atoms with Crippen LogP contribution in [-0.4, -0.2) is 18.0 Å². The normalized spacial score (nSPS) is 11.8. The summed E-state index contributed by atoms with van der Waals surface area (Å²) in [4.78, 5) is 16.3. The summed E-state index contributed by atoms with van der Waals surface area (Å²) in [6.45, 7) is 2.24. The van der Waals surface area contributed by atoms with Crippen LogP contribution in [0.25, 0.3) is 0 Å². The Morgan fingerprint density at radius 1 is 1.38 bits per heavy atom. The zero-order valence-electron chi connectivity index (χ0n) is 12.2. The number of pyridine rings is 1. The topological polar surface area (TPSA) is 77.2 Å². The van der Waals surface area contributed by atoms with Crippen molar-refractivity contribution in [3.63, 3.8) is 0 Å². The molecular weight excluding hydrogens is 266 g/mol. The van der Waals surface area contributed by atoms with Gasteiger partial charge in [-0.25, -0.2) is 0 Å². The van der Waals surface area contributed by atoms with Gasteiger partial charge in [0.25, 0.3) is 5.91 Å². The average molecular weight is 285 g/mol. The molecule has 0 bridgehead atoms. The number of nitrogens with zero attached hydrogens (tertiary/aromatic N) is 1. The van der Waals surface area contributed by atoms with Crippen molar-refractivity contribution in [1.29, 1.82) is 0 Å². The monoisotopic (exact) mass is 285 g/mol. The van der Waals surface area contributed by atoms with E-state index < -0.39 is 0 Å². The van der Waals surface area contributed by atoms with Crippen molar-refractivity contribution in [3.05, 3.63) is 59.4 Å². The first-order valence-corrected chi connectivity index (χ1v) is 6.74. The maximum Gasteiger partial charge on any atom is 0.251 e. The van der Waals surface area contributed by atoms with Gasteiger partial charge < -0.3 is 15.8 Å². The smallest absolute Gasteiger partial charge is 0.251 e. The second kappa shape index (κ2) is 6.85. The van der Waals surface area contributed by atoms with Gasteiger partial charge in [0.2, 0.25) is 0 Å². The van der Waals surface area contributed by atoms with E-state index in [-0.39, 0.29) is 11.9 Å². The third-order valence-corrected chi connectivity index (χ3v) is 3.23. The van der Waals surface area contributed by atoms with Crippen LogP contribution in [0.15, 0.2) is 42.6 Å². The number of ether oxygens (including phenoxy) is 1. The second-order valence-electron chi connectivity index (χ2n) is 4.71. The van der Waals surface area contributed by atoms with Crippen LogP contribution in [0.1, 0.15) is 34.6 Å². The highest BCUT2D eigenvalue weighted by molar-refractivity contribution is 5.94. The molecule has 0 radical (unpaired) electrons. The fraction of sp³-hybridized carbons (Fsp3) is 0.250. The van der Waals surface area contributed by atoms with Gasteiger partial charge in [0.1, 0.15) is 5.75 Å². The van der Waals surface area contributed by atoms with Crippen LogP contribution in [0.4, 0.5) is 0 Å². The molecule has 0 saturated carbocycles. The maximum atomic E-state index is 12.2. The summed E-state index contributed by atoms with van der Waals surface area (Å²) >= 11 is 0. The quantitative estimate of drug-likeness (QED) is 0.881. The zero-order chi connectivity index (χ0) is 15.2. The van der Waals surface area contributed by atoms with Crippen LogP contribution in [0.5, 0.6) is 5.75 Å². The predicted octanol–water partition coefficient (Wildman–Crippen LogP) is 2.04. The molecule has 0 spiro atoms. The lowest BCUT2D eigenvalue weighted by atomic mass is 10.1. The summed E-state index contributed by atoms with van der Waals surface area (Å²) in [6, 6.07) is 10.9. The van der Waals surface area contributed by atoms with Crippen molar-refractivity contribution in [1.82, 2.24) is 10.3 Å². The number of hydrogen-bond acceptors (Lipinski definition) is 4. The first-order chi connectivity index (χ1) is 10.1. The Hall–Kier alpha value is -2.40. The summed E-state index contributed by atoms with van der Waals surface area (Å²) < 4.78 is 5.19. The number of nitrogens with one attached hydrogen (secondary N) is 1. The molecule has 5 heteroatoms. The van der Waals surface area contributed by atoms with E-state index in [1.807, 2.05) is 31.2 Å². The van der Waals surface area contributed by atoms with Gasteiger partial charge in [-0.15, -0.1) is 0 Å². The number of carbonyl (C=O) groups excluding carboxylic acids is 1. The average Bonchev–Trinajstić information content (AvgIpc) is 2.54. The van der Waals surface area contributed by atoms with Crippen LogP contribution in [0.3, 0.4) is 0 Å². The number of hydrogen-bond donors (Lipinski definition) is 2. The van der Waals surface area contributed by atoms with Gasteiger partial charge in [-0.1, -0.05) is 12.1 Å².